The summed E-state index contributed by atoms with van der Waals surface area (Å²) in [5.74, 6) is -1.37. The van der Waals surface area contributed by atoms with E-state index in [0.717, 1.165) is 6.20 Å². The van der Waals surface area contributed by atoms with Crippen molar-refractivity contribution in [3.8, 4) is 0 Å². The van der Waals surface area contributed by atoms with E-state index in [4.69, 9.17) is 11.5 Å². The van der Waals surface area contributed by atoms with Crippen molar-refractivity contribution < 1.29 is 13.9 Å². The fourth-order valence-corrected chi connectivity index (χ4v) is 2.93. The third-order valence-electron chi connectivity index (χ3n) is 4.67. The molecule has 0 fully saturated rings. The van der Waals surface area contributed by atoms with Crippen LogP contribution in [0.2, 0.25) is 0 Å². The number of benzene rings is 1. The van der Waals surface area contributed by atoms with Crippen molar-refractivity contribution in [2.24, 2.45) is 22.4 Å². The Labute approximate surface area is 184 Å². The largest absolute Gasteiger partial charge is 0.396 e. The maximum absolute atomic E-state index is 14.5. The molecule has 0 aliphatic rings. The van der Waals surface area contributed by atoms with E-state index in [2.05, 4.69) is 20.3 Å². The highest BCUT2D eigenvalue weighted by Gasteiger charge is 2.16. The van der Waals surface area contributed by atoms with Crippen molar-refractivity contribution in [2.75, 3.05) is 5.32 Å². The first-order chi connectivity index (χ1) is 15.3. The van der Waals surface area contributed by atoms with E-state index < -0.39 is 17.7 Å². The molecule has 1 unspecified atom stereocenters. The van der Waals surface area contributed by atoms with E-state index in [-0.39, 0.29) is 34.4 Å². The summed E-state index contributed by atoms with van der Waals surface area (Å²) in [4.78, 5) is 12.2. The first-order valence-corrected chi connectivity index (χ1v) is 9.87. The Bertz CT molecular complexity index is 1150. The minimum atomic E-state index is -0.694. The van der Waals surface area contributed by atoms with Gasteiger partial charge in [0.25, 0.3) is 0 Å². The zero-order chi connectivity index (χ0) is 23.3. The van der Waals surface area contributed by atoms with Gasteiger partial charge in [-0.15, -0.1) is 0 Å². The molecule has 2 heterocycles. The summed E-state index contributed by atoms with van der Waals surface area (Å²) in [5.41, 5.74) is 13.2. The van der Waals surface area contributed by atoms with Crippen molar-refractivity contribution in [1.29, 1.82) is 0 Å². The summed E-state index contributed by atoms with van der Waals surface area (Å²) in [6, 6.07) is 10.5. The number of nitrogens with two attached hydrogens (primary N) is 2. The molecule has 0 amide bonds. The van der Waals surface area contributed by atoms with Crippen LogP contribution in [-0.4, -0.2) is 21.0 Å². The van der Waals surface area contributed by atoms with Gasteiger partial charge < -0.3 is 21.9 Å². The topological polar surface area (TPSA) is 122 Å². The van der Waals surface area contributed by atoms with Gasteiger partial charge in [0.1, 0.15) is 11.5 Å². The number of anilines is 1. The second-order valence-electron chi connectivity index (χ2n) is 7.38. The van der Waals surface area contributed by atoms with Gasteiger partial charge in [-0.25, -0.2) is 13.8 Å². The second kappa shape index (κ2) is 9.97. The third kappa shape index (κ3) is 5.25. The van der Waals surface area contributed by atoms with Crippen LogP contribution in [0.15, 0.2) is 66.0 Å². The standard InChI is InChI=1S/C23H24F2N6O/c1-13(2)22(32)19-8-7-14(11-29-19)30-23(27)31-21(16-5-3-4-6-17(16)24)20(26)15-9-10-28-12-18(15)25/h3-13,22,32H,26H2,1-2H3,(H3,27,30,31)/b21-20-. The maximum Gasteiger partial charge on any atom is 0.198 e. The summed E-state index contributed by atoms with van der Waals surface area (Å²) < 4.78 is 28.8. The molecular formula is C23H24F2N6O. The lowest BCUT2D eigenvalue weighted by Crippen LogP contribution is -2.23. The normalized spacial score (nSPS) is 13.6. The van der Waals surface area contributed by atoms with Gasteiger partial charge in [0.2, 0.25) is 0 Å². The Morgan fingerprint density at radius 2 is 1.75 bits per heavy atom. The molecule has 0 aliphatic carbocycles. The van der Waals surface area contributed by atoms with Gasteiger partial charge in [-0.1, -0.05) is 26.0 Å². The molecule has 6 N–H and O–H groups in total. The number of hydrogen-bond acceptors (Lipinski definition) is 5. The molecule has 0 saturated heterocycles. The molecule has 3 rings (SSSR count). The number of rotatable bonds is 6. The average Bonchev–Trinajstić information content (AvgIpc) is 2.78. The van der Waals surface area contributed by atoms with Crippen LogP contribution in [0.5, 0.6) is 0 Å². The molecule has 0 bridgehead atoms. The van der Waals surface area contributed by atoms with Crippen LogP contribution in [0.3, 0.4) is 0 Å². The van der Waals surface area contributed by atoms with Gasteiger partial charge in [0, 0.05) is 17.3 Å². The van der Waals surface area contributed by atoms with Crippen molar-refractivity contribution in [2.45, 2.75) is 20.0 Å². The number of pyridine rings is 2. The van der Waals surface area contributed by atoms with Crippen LogP contribution in [0.4, 0.5) is 14.5 Å². The number of aliphatic imine (C=N–C) groups is 1. The maximum atomic E-state index is 14.5. The predicted molar refractivity (Wildman–Crippen MR) is 121 cm³/mol. The summed E-state index contributed by atoms with van der Waals surface area (Å²) in [5, 5.41) is 13.0. The van der Waals surface area contributed by atoms with Crippen molar-refractivity contribution in [3.05, 3.63) is 89.5 Å². The number of aliphatic hydroxyl groups is 1. The van der Waals surface area contributed by atoms with E-state index in [1.54, 1.807) is 18.2 Å². The molecule has 0 aliphatic heterocycles. The van der Waals surface area contributed by atoms with E-state index in [0.29, 0.717) is 11.4 Å². The number of hydrogen-bond donors (Lipinski definition) is 4. The highest BCUT2D eigenvalue weighted by atomic mass is 19.1. The molecule has 2 aromatic heterocycles. The minimum absolute atomic E-state index is 0.0120. The molecule has 0 spiro atoms. The van der Waals surface area contributed by atoms with Gasteiger partial charge in [0.15, 0.2) is 11.8 Å². The molecule has 166 valence electrons. The summed E-state index contributed by atoms with van der Waals surface area (Å²) in [7, 11) is 0. The Kier molecular flexibility index (Phi) is 7.11. The minimum Gasteiger partial charge on any atom is -0.396 e. The van der Waals surface area contributed by atoms with Gasteiger partial charge in [-0.05, 0) is 36.2 Å². The fraction of sp³-hybridized carbons (Fsp3) is 0.174. The SMILES string of the molecule is CC(C)C(O)c1ccc(NC(N)=N/C(=C(\N)c2ccncc2F)c2ccccc2F)cn1. The average molecular weight is 438 g/mol. The van der Waals surface area contributed by atoms with Gasteiger partial charge >= 0.3 is 0 Å². The van der Waals surface area contributed by atoms with E-state index in [1.165, 1.54) is 36.7 Å². The third-order valence-corrected chi connectivity index (χ3v) is 4.67. The van der Waals surface area contributed by atoms with Crippen LogP contribution in [0.1, 0.15) is 36.8 Å². The fourth-order valence-electron chi connectivity index (χ4n) is 2.93. The number of nitrogens with zero attached hydrogens (tertiary/aromatic N) is 3. The highest BCUT2D eigenvalue weighted by Crippen LogP contribution is 2.27. The Morgan fingerprint density at radius 3 is 2.38 bits per heavy atom. The van der Waals surface area contributed by atoms with Gasteiger partial charge in [-0.2, -0.15) is 0 Å². The lowest BCUT2D eigenvalue weighted by Gasteiger charge is -2.15. The first kappa shape index (κ1) is 22.8. The van der Waals surface area contributed by atoms with E-state index in [9.17, 15) is 13.9 Å². The lowest BCUT2D eigenvalue weighted by atomic mass is 10.0. The van der Waals surface area contributed by atoms with Gasteiger partial charge in [0.05, 0.1) is 35.6 Å². The number of halogens is 2. The number of nitrogens with one attached hydrogen (secondary N) is 1. The van der Waals surface area contributed by atoms with Gasteiger partial charge in [-0.3, -0.25) is 9.97 Å². The Hall–Kier alpha value is -3.85. The van der Waals surface area contributed by atoms with Crippen molar-refractivity contribution >= 4 is 23.0 Å². The quantitative estimate of drug-likeness (QED) is 0.344. The summed E-state index contributed by atoms with van der Waals surface area (Å²) >= 11 is 0. The first-order valence-electron chi connectivity index (χ1n) is 9.87. The number of aromatic nitrogens is 2. The summed E-state index contributed by atoms with van der Waals surface area (Å²) in [6.07, 6.45) is 3.17. The smallest absolute Gasteiger partial charge is 0.198 e. The molecule has 1 atom stereocenters. The Balaban J connectivity index is 1.98. The second-order valence-corrected chi connectivity index (χ2v) is 7.38. The lowest BCUT2D eigenvalue weighted by molar-refractivity contribution is 0.122. The Morgan fingerprint density at radius 1 is 1.00 bits per heavy atom. The van der Waals surface area contributed by atoms with Crippen LogP contribution in [0.25, 0.3) is 11.4 Å². The number of aliphatic hydroxyl groups excluding tert-OH is 1. The molecule has 3 aromatic rings. The molecule has 0 saturated carbocycles. The molecule has 1 aromatic carbocycles. The number of guanidine groups is 1. The monoisotopic (exact) mass is 438 g/mol. The van der Waals surface area contributed by atoms with Crippen LogP contribution < -0.4 is 16.8 Å². The summed E-state index contributed by atoms with van der Waals surface area (Å²) in [6.45, 7) is 3.77. The van der Waals surface area contributed by atoms with Crippen LogP contribution in [-0.2, 0) is 0 Å². The molecular weight excluding hydrogens is 414 g/mol. The van der Waals surface area contributed by atoms with Crippen molar-refractivity contribution in [1.82, 2.24) is 9.97 Å². The molecule has 9 heteroatoms. The molecule has 7 nitrogen and oxygen atoms in total. The van der Waals surface area contributed by atoms with E-state index in [1.807, 2.05) is 13.8 Å². The van der Waals surface area contributed by atoms with Crippen molar-refractivity contribution in [3.63, 3.8) is 0 Å². The van der Waals surface area contributed by atoms with Crippen LogP contribution in [0, 0.1) is 17.6 Å². The van der Waals surface area contributed by atoms with Crippen LogP contribution >= 0.6 is 0 Å². The molecule has 32 heavy (non-hydrogen) atoms. The van der Waals surface area contributed by atoms with E-state index >= 15 is 0 Å². The zero-order valence-electron chi connectivity index (χ0n) is 17.6. The molecule has 0 radical (unpaired) electrons. The predicted octanol–water partition coefficient (Wildman–Crippen LogP) is 3.66. The zero-order valence-corrected chi connectivity index (χ0v) is 17.6. The highest BCUT2D eigenvalue weighted by molar-refractivity contribution is 6.00.